The number of esters is 1. The third-order valence-electron chi connectivity index (χ3n) is 3.17. The third-order valence-corrected chi connectivity index (χ3v) is 3.17. The second-order valence-corrected chi connectivity index (χ2v) is 4.29. The molecule has 2 aliphatic rings. The zero-order valence-corrected chi connectivity index (χ0v) is 9.39. The van der Waals surface area contributed by atoms with E-state index >= 15 is 0 Å². The number of aliphatic hydroxyl groups excluding tert-OH is 1. The molecule has 90 valence electrons. The SMILES string of the molecule is CCOC(=O)C1=NO[C@@H]2[C@@H](CCC[C@H]2O)C1. The van der Waals surface area contributed by atoms with Crippen LogP contribution in [0.15, 0.2) is 5.16 Å². The van der Waals surface area contributed by atoms with E-state index in [0.29, 0.717) is 18.7 Å². The Kier molecular flexibility index (Phi) is 3.43. The van der Waals surface area contributed by atoms with Gasteiger partial charge in [0.05, 0.1) is 12.7 Å². The Labute approximate surface area is 94.4 Å². The molecule has 1 aliphatic heterocycles. The van der Waals surface area contributed by atoms with Crippen molar-refractivity contribution in [3.63, 3.8) is 0 Å². The molecule has 16 heavy (non-hydrogen) atoms. The minimum absolute atomic E-state index is 0.195. The molecule has 0 unspecified atom stereocenters. The number of aliphatic hydroxyl groups is 1. The summed E-state index contributed by atoms with van der Waals surface area (Å²) in [6.45, 7) is 2.10. The van der Waals surface area contributed by atoms with Crippen LogP contribution in [-0.4, -0.2) is 35.6 Å². The summed E-state index contributed by atoms with van der Waals surface area (Å²) in [4.78, 5) is 16.7. The summed E-state index contributed by atoms with van der Waals surface area (Å²) in [6, 6.07) is 0. The number of carbonyl (C=O) groups is 1. The van der Waals surface area contributed by atoms with Crippen molar-refractivity contribution in [1.82, 2.24) is 0 Å². The van der Waals surface area contributed by atoms with Crippen LogP contribution in [-0.2, 0) is 14.4 Å². The van der Waals surface area contributed by atoms with Crippen LogP contribution in [0.1, 0.15) is 32.6 Å². The van der Waals surface area contributed by atoms with Gasteiger partial charge in [-0.05, 0) is 19.8 Å². The Hall–Kier alpha value is -1.10. The smallest absolute Gasteiger partial charge is 0.356 e. The molecule has 0 aromatic heterocycles. The number of fused-ring (bicyclic) bond motifs is 1. The van der Waals surface area contributed by atoms with Crippen LogP contribution in [0.2, 0.25) is 0 Å². The van der Waals surface area contributed by atoms with Crippen molar-refractivity contribution in [2.75, 3.05) is 6.61 Å². The van der Waals surface area contributed by atoms with Gasteiger partial charge in [-0.25, -0.2) is 4.79 Å². The molecule has 1 saturated carbocycles. The predicted octanol–water partition coefficient (Wildman–Crippen LogP) is 0.855. The zero-order valence-electron chi connectivity index (χ0n) is 9.39. The van der Waals surface area contributed by atoms with E-state index in [2.05, 4.69) is 5.16 Å². The topological polar surface area (TPSA) is 68.1 Å². The van der Waals surface area contributed by atoms with Gasteiger partial charge in [-0.2, -0.15) is 0 Å². The third kappa shape index (κ3) is 2.19. The van der Waals surface area contributed by atoms with Crippen LogP contribution < -0.4 is 0 Å². The van der Waals surface area contributed by atoms with E-state index in [-0.39, 0.29) is 12.0 Å². The van der Waals surface area contributed by atoms with Gasteiger partial charge in [-0.15, -0.1) is 0 Å². The summed E-state index contributed by atoms with van der Waals surface area (Å²) in [6.07, 6.45) is 2.56. The fourth-order valence-electron chi connectivity index (χ4n) is 2.35. The molecule has 0 radical (unpaired) electrons. The van der Waals surface area contributed by atoms with Gasteiger partial charge in [-0.3, -0.25) is 0 Å². The Balaban J connectivity index is 2.02. The molecule has 0 spiro atoms. The normalized spacial score (nSPS) is 33.4. The maximum Gasteiger partial charge on any atom is 0.356 e. The van der Waals surface area contributed by atoms with Crippen LogP contribution >= 0.6 is 0 Å². The Bertz CT molecular complexity index is 302. The van der Waals surface area contributed by atoms with E-state index in [0.717, 1.165) is 19.3 Å². The van der Waals surface area contributed by atoms with Gasteiger partial charge < -0.3 is 14.7 Å². The molecule has 1 heterocycles. The number of ether oxygens (including phenoxy) is 1. The van der Waals surface area contributed by atoms with Crippen molar-refractivity contribution in [2.24, 2.45) is 11.1 Å². The first kappa shape index (κ1) is 11.4. The zero-order chi connectivity index (χ0) is 11.5. The number of hydrogen-bond donors (Lipinski definition) is 1. The van der Waals surface area contributed by atoms with Crippen molar-refractivity contribution in [3.05, 3.63) is 0 Å². The van der Waals surface area contributed by atoms with Crippen molar-refractivity contribution in [3.8, 4) is 0 Å². The van der Waals surface area contributed by atoms with Gasteiger partial charge in [0, 0.05) is 12.3 Å². The highest BCUT2D eigenvalue weighted by molar-refractivity contribution is 6.36. The lowest BCUT2D eigenvalue weighted by molar-refractivity contribution is -0.137. The van der Waals surface area contributed by atoms with Crippen molar-refractivity contribution in [1.29, 1.82) is 0 Å². The van der Waals surface area contributed by atoms with E-state index in [1.165, 1.54) is 0 Å². The maximum atomic E-state index is 11.5. The molecule has 0 amide bonds. The number of carbonyl (C=O) groups excluding carboxylic acids is 1. The summed E-state index contributed by atoms with van der Waals surface area (Å²) in [5.41, 5.74) is 0.345. The molecule has 0 bridgehead atoms. The highest BCUT2D eigenvalue weighted by Crippen LogP contribution is 2.33. The van der Waals surface area contributed by atoms with Gasteiger partial charge in [0.2, 0.25) is 0 Å². The molecular formula is C11H17NO4. The van der Waals surface area contributed by atoms with Gasteiger partial charge in [0.15, 0.2) is 11.8 Å². The highest BCUT2D eigenvalue weighted by atomic mass is 16.6. The van der Waals surface area contributed by atoms with E-state index < -0.39 is 12.1 Å². The minimum atomic E-state index is -0.453. The number of oxime groups is 1. The van der Waals surface area contributed by atoms with Crippen molar-refractivity contribution in [2.45, 2.75) is 44.8 Å². The Morgan fingerprint density at radius 1 is 1.62 bits per heavy atom. The maximum absolute atomic E-state index is 11.5. The summed E-state index contributed by atoms with van der Waals surface area (Å²) in [7, 11) is 0. The summed E-state index contributed by atoms with van der Waals surface area (Å²) in [5.74, 6) is -0.207. The summed E-state index contributed by atoms with van der Waals surface area (Å²) in [5, 5.41) is 13.5. The molecule has 1 aliphatic carbocycles. The van der Waals surface area contributed by atoms with Crippen LogP contribution in [0, 0.1) is 5.92 Å². The van der Waals surface area contributed by atoms with Crippen LogP contribution in [0.25, 0.3) is 0 Å². The Morgan fingerprint density at radius 2 is 2.44 bits per heavy atom. The van der Waals surface area contributed by atoms with E-state index in [1.807, 2.05) is 0 Å². The van der Waals surface area contributed by atoms with Gasteiger partial charge in [-0.1, -0.05) is 11.6 Å². The second-order valence-electron chi connectivity index (χ2n) is 4.29. The standard InChI is InChI=1S/C11H17NO4/c1-2-15-11(14)8-6-7-4-3-5-9(13)10(7)16-12-8/h7,9-10,13H,2-6H2,1H3/t7-,9+,10+/m0/s1. The Morgan fingerprint density at radius 3 is 3.19 bits per heavy atom. The predicted molar refractivity (Wildman–Crippen MR) is 56.9 cm³/mol. The molecule has 3 atom stereocenters. The first-order valence-electron chi connectivity index (χ1n) is 5.80. The van der Waals surface area contributed by atoms with Crippen molar-refractivity contribution >= 4 is 11.7 Å². The molecule has 5 heteroatoms. The first-order chi connectivity index (χ1) is 7.72. The number of nitrogens with zero attached hydrogens (tertiary/aromatic N) is 1. The average Bonchev–Trinajstić information content (AvgIpc) is 2.29. The number of rotatable bonds is 2. The van der Waals surface area contributed by atoms with Gasteiger partial charge in [0.25, 0.3) is 0 Å². The summed E-state index contributed by atoms with van der Waals surface area (Å²) >= 11 is 0. The molecule has 5 nitrogen and oxygen atoms in total. The fraction of sp³-hybridized carbons (Fsp3) is 0.818. The van der Waals surface area contributed by atoms with Crippen LogP contribution in [0.3, 0.4) is 0 Å². The molecule has 1 fully saturated rings. The average molecular weight is 227 g/mol. The fourth-order valence-corrected chi connectivity index (χ4v) is 2.35. The van der Waals surface area contributed by atoms with E-state index in [9.17, 15) is 9.90 Å². The lowest BCUT2D eigenvalue weighted by Crippen LogP contribution is -2.43. The minimum Gasteiger partial charge on any atom is -0.461 e. The molecule has 0 aromatic rings. The van der Waals surface area contributed by atoms with Crippen molar-refractivity contribution < 1.29 is 19.5 Å². The number of hydrogen-bond acceptors (Lipinski definition) is 5. The monoisotopic (exact) mass is 227 g/mol. The molecule has 0 saturated heterocycles. The van der Waals surface area contributed by atoms with E-state index in [1.54, 1.807) is 6.92 Å². The molecule has 2 rings (SSSR count). The first-order valence-corrected chi connectivity index (χ1v) is 5.80. The van der Waals surface area contributed by atoms with Gasteiger partial charge in [0.1, 0.15) is 0 Å². The van der Waals surface area contributed by atoms with Crippen LogP contribution in [0.5, 0.6) is 0 Å². The summed E-state index contributed by atoms with van der Waals surface area (Å²) < 4.78 is 4.88. The largest absolute Gasteiger partial charge is 0.461 e. The van der Waals surface area contributed by atoms with Gasteiger partial charge >= 0.3 is 5.97 Å². The van der Waals surface area contributed by atoms with Crippen LogP contribution in [0.4, 0.5) is 0 Å². The van der Waals surface area contributed by atoms with E-state index in [4.69, 9.17) is 9.57 Å². The molecule has 0 aromatic carbocycles. The highest BCUT2D eigenvalue weighted by Gasteiger charge is 2.39. The second kappa shape index (κ2) is 4.82. The lowest BCUT2D eigenvalue weighted by Gasteiger charge is -2.36. The lowest BCUT2D eigenvalue weighted by atomic mass is 9.81. The quantitative estimate of drug-likeness (QED) is 0.710. The molecule has 1 N–H and O–H groups in total. The molecular weight excluding hydrogens is 210 g/mol.